The summed E-state index contributed by atoms with van der Waals surface area (Å²) in [6, 6.07) is 0. The lowest BCUT2D eigenvalue weighted by Gasteiger charge is -2.18. The fourth-order valence-corrected chi connectivity index (χ4v) is 8.47. The van der Waals surface area contributed by atoms with Crippen molar-refractivity contribution < 1.29 is 28.6 Å². The SMILES string of the molecule is CC(C)CCCCCCCCCCCCCCCCCC(=O)O[C@@H](COC(=O)CCCCCCCCCCCCCCC(C)C)COC(=O)CCCCCCCCCCC(C)C. The number of esters is 3. The zero-order chi connectivity index (χ0) is 45.6. The first kappa shape index (κ1) is 60.4. The summed E-state index contributed by atoms with van der Waals surface area (Å²) in [6.45, 7) is 13.7. The van der Waals surface area contributed by atoms with Crippen molar-refractivity contribution >= 4 is 17.9 Å². The largest absolute Gasteiger partial charge is 0.462 e. The van der Waals surface area contributed by atoms with Gasteiger partial charge in [0.15, 0.2) is 6.10 Å². The Morgan fingerprint density at radius 2 is 0.468 bits per heavy atom. The molecule has 0 aliphatic rings. The van der Waals surface area contributed by atoms with Gasteiger partial charge in [0.25, 0.3) is 0 Å². The van der Waals surface area contributed by atoms with Crippen molar-refractivity contribution in [2.75, 3.05) is 13.2 Å². The fraction of sp³-hybridized carbons (Fsp3) is 0.946. The van der Waals surface area contributed by atoms with Crippen molar-refractivity contribution in [1.82, 2.24) is 0 Å². The van der Waals surface area contributed by atoms with Gasteiger partial charge in [-0.25, -0.2) is 0 Å². The van der Waals surface area contributed by atoms with E-state index < -0.39 is 6.10 Å². The van der Waals surface area contributed by atoms with E-state index in [4.69, 9.17) is 14.2 Å². The number of ether oxygens (including phenoxy) is 3. The number of hydrogen-bond acceptors (Lipinski definition) is 6. The third-order valence-corrected chi connectivity index (χ3v) is 12.6. The van der Waals surface area contributed by atoms with Gasteiger partial charge in [-0.3, -0.25) is 14.4 Å². The Balaban J connectivity index is 4.28. The maximum atomic E-state index is 12.8. The molecule has 0 aliphatic carbocycles. The van der Waals surface area contributed by atoms with Crippen LogP contribution in [0.25, 0.3) is 0 Å². The summed E-state index contributed by atoms with van der Waals surface area (Å²) in [5, 5.41) is 0. The summed E-state index contributed by atoms with van der Waals surface area (Å²) in [4.78, 5) is 38.0. The number of rotatable bonds is 49. The number of hydrogen-bond donors (Lipinski definition) is 0. The first-order chi connectivity index (χ1) is 30.1. The quantitative estimate of drug-likeness (QED) is 0.0344. The van der Waals surface area contributed by atoms with E-state index in [1.165, 1.54) is 186 Å². The molecule has 0 spiro atoms. The maximum Gasteiger partial charge on any atom is 0.306 e. The van der Waals surface area contributed by atoms with E-state index in [2.05, 4.69) is 41.5 Å². The monoisotopic (exact) mass is 877 g/mol. The Hall–Kier alpha value is -1.59. The zero-order valence-electron chi connectivity index (χ0n) is 42.7. The third kappa shape index (κ3) is 49.4. The van der Waals surface area contributed by atoms with Gasteiger partial charge >= 0.3 is 17.9 Å². The third-order valence-electron chi connectivity index (χ3n) is 12.6. The van der Waals surface area contributed by atoms with Gasteiger partial charge in [-0.1, -0.05) is 266 Å². The van der Waals surface area contributed by atoms with E-state index in [9.17, 15) is 14.4 Å². The van der Waals surface area contributed by atoms with Crippen molar-refractivity contribution in [2.24, 2.45) is 17.8 Å². The highest BCUT2D eigenvalue weighted by Gasteiger charge is 2.19. The molecule has 0 N–H and O–H groups in total. The van der Waals surface area contributed by atoms with Crippen LogP contribution >= 0.6 is 0 Å². The lowest BCUT2D eigenvalue weighted by atomic mass is 10.0. The normalized spacial score (nSPS) is 12.1. The minimum atomic E-state index is -0.763. The molecule has 0 unspecified atom stereocenters. The van der Waals surface area contributed by atoms with E-state index >= 15 is 0 Å². The van der Waals surface area contributed by atoms with Gasteiger partial charge in [0, 0.05) is 19.3 Å². The van der Waals surface area contributed by atoms with Crippen LogP contribution in [0.3, 0.4) is 0 Å². The molecular formula is C56H108O6. The van der Waals surface area contributed by atoms with Crippen molar-refractivity contribution in [2.45, 2.75) is 311 Å². The van der Waals surface area contributed by atoms with Gasteiger partial charge in [-0.2, -0.15) is 0 Å². The molecule has 0 amide bonds. The molecule has 1 atom stereocenters. The van der Waals surface area contributed by atoms with Gasteiger partial charge < -0.3 is 14.2 Å². The molecule has 368 valence electrons. The average Bonchev–Trinajstić information content (AvgIpc) is 3.23. The van der Waals surface area contributed by atoms with E-state index in [-0.39, 0.29) is 31.1 Å². The number of unbranched alkanes of at least 4 members (excludes halogenated alkanes) is 32. The molecule has 0 radical (unpaired) electrons. The summed E-state index contributed by atoms with van der Waals surface area (Å²) in [5.74, 6) is 1.63. The van der Waals surface area contributed by atoms with Crippen molar-refractivity contribution in [3.63, 3.8) is 0 Å². The lowest BCUT2D eigenvalue weighted by Crippen LogP contribution is -2.30. The van der Waals surface area contributed by atoms with E-state index in [1.807, 2.05) is 0 Å². The molecular weight excluding hydrogens is 769 g/mol. The molecule has 0 aromatic heterocycles. The highest BCUT2D eigenvalue weighted by molar-refractivity contribution is 5.71. The van der Waals surface area contributed by atoms with Crippen LogP contribution in [0.1, 0.15) is 305 Å². The minimum Gasteiger partial charge on any atom is -0.462 e. The second-order valence-corrected chi connectivity index (χ2v) is 20.6. The Morgan fingerprint density at radius 1 is 0.274 bits per heavy atom. The van der Waals surface area contributed by atoms with Gasteiger partial charge in [-0.05, 0) is 37.0 Å². The van der Waals surface area contributed by atoms with Gasteiger partial charge in [0.2, 0.25) is 0 Å². The summed E-state index contributed by atoms with van der Waals surface area (Å²) in [6.07, 6.45) is 48.1. The molecule has 0 saturated heterocycles. The van der Waals surface area contributed by atoms with E-state index in [0.29, 0.717) is 19.3 Å². The predicted octanol–water partition coefficient (Wildman–Crippen LogP) is 17.9. The molecule has 0 saturated carbocycles. The van der Waals surface area contributed by atoms with Gasteiger partial charge in [-0.15, -0.1) is 0 Å². The minimum absolute atomic E-state index is 0.0643. The topological polar surface area (TPSA) is 78.9 Å². The highest BCUT2D eigenvalue weighted by Crippen LogP contribution is 2.18. The van der Waals surface area contributed by atoms with Gasteiger partial charge in [0.1, 0.15) is 13.2 Å². The molecule has 0 fully saturated rings. The van der Waals surface area contributed by atoms with Crippen molar-refractivity contribution in [3.05, 3.63) is 0 Å². The molecule has 6 heteroatoms. The molecule has 0 bridgehead atoms. The van der Waals surface area contributed by atoms with Crippen LogP contribution in [0.2, 0.25) is 0 Å². The predicted molar refractivity (Wildman–Crippen MR) is 266 cm³/mol. The second-order valence-electron chi connectivity index (χ2n) is 20.6. The average molecular weight is 877 g/mol. The Kier molecular flexibility index (Phi) is 46.2. The summed E-state index contributed by atoms with van der Waals surface area (Å²) in [5.41, 5.74) is 0. The lowest BCUT2D eigenvalue weighted by molar-refractivity contribution is -0.167. The van der Waals surface area contributed by atoms with Crippen LogP contribution in [-0.2, 0) is 28.6 Å². The fourth-order valence-electron chi connectivity index (χ4n) is 8.47. The van der Waals surface area contributed by atoms with Crippen LogP contribution in [0, 0.1) is 17.8 Å². The molecule has 0 aromatic carbocycles. The van der Waals surface area contributed by atoms with Crippen LogP contribution in [0.15, 0.2) is 0 Å². The summed E-state index contributed by atoms with van der Waals surface area (Å²) in [7, 11) is 0. The first-order valence-corrected chi connectivity index (χ1v) is 27.6. The molecule has 62 heavy (non-hydrogen) atoms. The Labute approximate surface area is 387 Å². The Morgan fingerprint density at radius 3 is 0.694 bits per heavy atom. The summed E-state index contributed by atoms with van der Waals surface area (Å²) >= 11 is 0. The number of carbonyl (C=O) groups is 3. The first-order valence-electron chi connectivity index (χ1n) is 27.6. The van der Waals surface area contributed by atoms with E-state index in [1.54, 1.807) is 0 Å². The highest BCUT2D eigenvalue weighted by atomic mass is 16.6. The second kappa shape index (κ2) is 47.4. The smallest absolute Gasteiger partial charge is 0.306 e. The van der Waals surface area contributed by atoms with Crippen molar-refractivity contribution in [1.29, 1.82) is 0 Å². The standard InChI is InChI=1S/C56H108O6/c1-50(2)42-36-30-24-18-14-10-8-7-9-11-17-21-29-35-41-47-56(59)62-53(49-61-55(58)46-40-34-28-23-22-26-32-38-44-52(5)6)48-60-54(57)45-39-33-27-20-16-13-12-15-19-25-31-37-43-51(3)4/h50-53H,7-49H2,1-6H3/t53-/m0/s1. The number of carbonyl (C=O) groups excluding carboxylic acids is 3. The van der Waals surface area contributed by atoms with Crippen LogP contribution in [0.5, 0.6) is 0 Å². The maximum absolute atomic E-state index is 12.8. The molecule has 0 aromatic rings. The van der Waals surface area contributed by atoms with Crippen LogP contribution in [0.4, 0.5) is 0 Å². The van der Waals surface area contributed by atoms with Crippen LogP contribution in [-0.4, -0.2) is 37.2 Å². The van der Waals surface area contributed by atoms with Crippen molar-refractivity contribution in [3.8, 4) is 0 Å². The van der Waals surface area contributed by atoms with E-state index in [0.717, 1.165) is 75.5 Å². The molecule has 0 heterocycles. The molecule has 0 aliphatic heterocycles. The zero-order valence-corrected chi connectivity index (χ0v) is 42.7. The Bertz CT molecular complexity index is 960. The summed E-state index contributed by atoms with van der Waals surface area (Å²) < 4.78 is 16.8. The van der Waals surface area contributed by atoms with Crippen LogP contribution < -0.4 is 0 Å². The van der Waals surface area contributed by atoms with Gasteiger partial charge in [0.05, 0.1) is 0 Å². The molecule has 6 nitrogen and oxygen atoms in total. The molecule has 0 rings (SSSR count).